The number of amides is 2. The van der Waals surface area contributed by atoms with Crippen molar-refractivity contribution >= 4 is 17.8 Å². The zero-order valence-electron chi connectivity index (χ0n) is 17.7. The van der Waals surface area contributed by atoms with Gasteiger partial charge in [-0.05, 0) is 38.0 Å². The van der Waals surface area contributed by atoms with Crippen LogP contribution in [0.3, 0.4) is 0 Å². The lowest BCUT2D eigenvalue weighted by atomic mass is 9.88. The molecule has 1 heterocycles. The molecule has 0 spiro atoms. The fourth-order valence-electron chi connectivity index (χ4n) is 3.22. The number of ether oxygens (including phenoxy) is 1. The quantitative estimate of drug-likeness (QED) is 0.387. The van der Waals surface area contributed by atoms with E-state index in [1.165, 1.54) is 4.90 Å². The van der Waals surface area contributed by atoms with Crippen LogP contribution >= 0.6 is 0 Å². The summed E-state index contributed by atoms with van der Waals surface area (Å²) in [5, 5.41) is 21.0. The molecule has 0 saturated heterocycles. The van der Waals surface area contributed by atoms with Gasteiger partial charge in [0, 0.05) is 24.9 Å². The van der Waals surface area contributed by atoms with Crippen molar-refractivity contribution in [3.63, 3.8) is 0 Å². The van der Waals surface area contributed by atoms with E-state index in [-0.39, 0.29) is 26.0 Å². The van der Waals surface area contributed by atoms with Crippen LogP contribution in [0.2, 0.25) is 0 Å². The van der Waals surface area contributed by atoms with E-state index >= 15 is 0 Å². The first-order chi connectivity index (χ1) is 14.8. The maximum Gasteiger partial charge on any atom is 0.389 e. The van der Waals surface area contributed by atoms with E-state index in [1.54, 1.807) is 38.1 Å². The number of carboxylic acids is 1. The van der Waals surface area contributed by atoms with Gasteiger partial charge in [0.1, 0.15) is 23.6 Å². The van der Waals surface area contributed by atoms with Gasteiger partial charge in [-0.3, -0.25) is 14.4 Å². The average molecular weight is 458 g/mol. The van der Waals surface area contributed by atoms with Crippen LogP contribution in [-0.4, -0.2) is 57.8 Å². The summed E-state index contributed by atoms with van der Waals surface area (Å²) in [4.78, 5) is 37.2. The molecule has 0 aliphatic carbocycles. The van der Waals surface area contributed by atoms with Gasteiger partial charge in [0.05, 0.1) is 6.61 Å². The van der Waals surface area contributed by atoms with Crippen LogP contribution in [0.1, 0.15) is 38.7 Å². The van der Waals surface area contributed by atoms with Crippen molar-refractivity contribution in [2.24, 2.45) is 0 Å². The van der Waals surface area contributed by atoms with Gasteiger partial charge in [-0.25, -0.2) is 0 Å². The van der Waals surface area contributed by atoms with E-state index in [9.17, 15) is 32.7 Å². The summed E-state index contributed by atoms with van der Waals surface area (Å²) in [6.07, 6.45) is -5.33. The second-order valence-electron chi connectivity index (χ2n) is 7.99. The minimum absolute atomic E-state index is 0.00500. The molecule has 1 aromatic carbocycles. The zero-order valence-corrected chi connectivity index (χ0v) is 17.7. The molecule has 0 unspecified atom stereocenters. The maximum absolute atomic E-state index is 12.9. The third-order valence-corrected chi connectivity index (χ3v) is 4.84. The summed E-state index contributed by atoms with van der Waals surface area (Å²) in [5.74, 6) is -3.04. The monoisotopic (exact) mass is 458 g/mol. The summed E-state index contributed by atoms with van der Waals surface area (Å²) < 4.78 is 41.8. The van der Waals surface area contributed by atoms with Crippen molar-refractivity contribution < 1.29 is 42.5 Å². The fraction of sp³-hybridized carbons (Fsp3) is 0.476. The van der Waals surface area contributed by atoms with Crippen LogP contribution in [0.5, 0.6) is 5.75 Å². The van der Waals surface area contributed by atoms with E-state index in [0.29, 0.717) is 11.3 Å². The molecule has 176 valence electrons. The number of benzene rings is 1. The molecule has 0 saturated carbocycles. The highest BCUT2D eigenvalue weighted by Gasteiger charge is 2.42. The number of hydrogen-bond acceptors (Lipinski definition) is 5. The van der Waals surface area contributed by atoms with Crippen LogP contribution in [0, 0.1) is 0 Å². The third kappa shape index (κ3) is 6.89. The van der Waals surface area contributed by atoms with Gasteiger partial charge >= 0.3 is 12.1 Å². The van der Waals surface area contributed by atoms with E-state index in [4.69, 9.17) is 9.84 Å². The number of halogens is 3. The molecular formula is C21H25F3N2O6. The number of carbonyl (C=O) groups excluding carboxylic acids is 2. The molecule has 1 aromatic rings. The third-order valence-electron chi connectivity index (χ3n) is 4.84. The van der Waals surface area contributed by atoms with Gasteiger partial charge in [0.25, 0.3) is 11.8 Å². The first kappa shape index (κ1) is 25.0. The fourth-order valence-corrected chi connectivity index (χ4v) is 3.22. The SMILES string of the molecule is CC1(C)CC(O)=C(C(=O)NCC(=O)O)C(=O)N1Cc1ccc(OCCCC(F)(F)F)cc1. The van der Waals surface area contributed by atoms with Crippen molar-refractivity contribution in [2.45, 2.75) is 51.4 Å². The minimum Gasteiger partial charge on any atom is -0.511 e. The Kier molecular flexibility index (Phi) is 7.76. The molecule has 11 heteroatoms. The Bertz CT molecular complexity index is 894. The van der Waals surface area contributed by atoms with Crippen molar-refractivity contribution in [1.82, 2.24) is 10.2 Å². The molecule has 0 radical (unpaired) electrons. The van der Waals surface area contributed by atoms with Gasteiger partial charge in [-0.15, -0.1) is 0 Å². The van der Waals surface area contributed by atoms with Gasteiger partial charge in [0.15, 0.2) is 0 Å². The number of carboxylic acid groups (broad SMARTS) is 1. The maximum atomic E-state index is 12.9. The van der Waals surface area contributed by atoms with Crippen molar-refractivity contribution in [1.29, 1.82) is 0 Å². The van der Waals surface area contributed by atoms with Crippen LogP contribution in [0.4, 0.5) is 13.2 Å². The number of hydrogen-bond donors (Lipinski definition) is 3. The van der Waals surface area contributed by atoms with E-state index in [0.717, 1.165) is 0 Å². The highest BCUT2D eigenvalue weighted by atomic mass is 19.4. The number of aliphatic hydroxyl groups is 1. The summed E-state index contributed by atoms with van der Waals surface area (Å²) in [6.45, 7) is 2.73. The first-order valence-electron chi connectivity index (χ1n) is 9.83. The first-order valence-corrected chi connectivity index (χ1v) is 9.83. The number of aliphatic carboxylic acids is 1. The summed E-state index contributed by atoms with van der Waals surface area (Å²) >= 11 is 0. The van der Waals surface area contributed by atoms with Gasteiger partial charge in [-0.1, -0.05) is 12.1 Å². The Morgan fingerprint density at radius 1 is 1.22 bits per heavy atom. The summed E-state index contributed by atoms with van der Waals surface area (Å²) in [7, 11) is 0. The van der Waals surface area contributed by atoms with E-state index in [2.05, 4.69) is 5.32 Å². The molecule has 0 fully saturated rings. The van der Waals surface area contributed by atoms with Crippen LogP contribution in [-0.2, 0) is 20.9 Å². The Balaban J connectivity index is 2.06. The Labute approximate surface area is 182 Å². The Hall–Kier alpha value is -3.24. The summed E-state index contributed by atoms with van der Waals surface area (Å²) in [5.41, 5.74) is -0.666. The number of rotatable bonds is 9. The Morgan fingerprint density at radius 2 is 1.84 bits per heavy atom. The molecule has 1 aliphatic rings. The molecule has 3 N–H and O–H groups in total. The second-order valence-corrected chi connectivity index (χ2v) is 7.99. The predicted molar refractivity (Wildman–Crippen MR) is 107 cm³/mol. The predicted octanol–water partition coefficient (Wildman–Crippen LogP) is 2.93. The van der Waals surface area contributed by atoms with Crippen molar-refractivity contribution in [3.8, 4) is 5.75 Å². The van der Waals surface area contributed by atoms with Gasteiger partial charge in [-0.2, -0.15) is 13.2 Å². The number of carbonyl (C=O) groups is 3. The molecule has 0 aromatic heterocycles. The van der Waals surface area contributed by atoms with Crippen molar-refractivity contribution in [3.05, 3.63) is 41.2 Å². The standard InChI is InChI=1S/C21H25F3N2O6/c1-20(2)10-15(27)17(18(30)25-11-16(28)29)19(31)26(20)12-13-4-6-14(7-5-13)32-9-3-8-21(22,23)24/h4-7,27H,3,8-12H2,1-2H3,(H,25,30)(H,28,29). The normalized spacial score (nSPS) is 16.2. The largest absolute Gasteiger partial charge is 0.511 e. The molecule has 0 bridgehead atoms. The highest BCUT2D eigenvalue weighted by molar-refractivity contribution is 6.19. The number of alkyl halides is 3. The molecule has 2 amide bonds. The topological polar surface area (TPSA) is 116 Å². The molecule has 2 rings (SSSR count). The number of nitrogens with one attached hydrogen (secondary N) is 1. The van der Waals surface area contributed by atoms with Crippen LogP contribution in [0.15, 0.2) is 35.6 Å². The Morgan fingerprint density at radius 3 is 2.41 bits per heavy atom. The molecule has 8 nitrogen and oxygen atoms in total. The minimum atomic E-state index is -4.23. The van der Waals surface area contributed by atoms with Crippen LogP contribution in [0.25, 0.3) is 0 Å². The molecule has 1 aliphatic heterocycles. The lowest BCUT2D eigenvalue weighted by Crippen LogP contribution is -2.53. The molecule has 32 heavy (non-hydrogen) atoms. The van der Waals surface area contributed by atoms with Gasteiger partial charge in [0.2, 0.25) is 0 Å². The summed E-state index contributed by atoms with van der Waals surface area (Å²) in [6, 6.07) is 6.42. The average Bonchev–Trinajstić information content (AvgIpc) is 2.66. The lowest BCUT2D eigenvalue weighted by molar-refractivity contribution is -0.140. The van der Waals surface area contributed by atoms with Gasteiger partial charge < -0.3 is 25.2 Å². The number of aliphatic hydroxyl groups excluding tert-OH is 1. The second kappa shape index (κ2) is 9.92. The van der Waals surface area contributed by atoms with Crippen molar-refractivity contribution in [2.75, 3.05) is 13.2 Å². The number of nitrogens with zero attached hydrogens (tertiary/aromatic N) is 1. The molecular weight excluding hydrogens is 433 g/mol. The smallest absolute Gasteiger partial charge is 0.389 e. The van der Waals surface area contributed by atoms with E-state index < -0.39 is 53.8 Å². The lowest BCUT2D eigenvalue weighted by Gasteiger charge is -2.42. The molecule has 0 atom stereocenters. The van der Waals surface area contributed by atoms with E-state index in [1.807, 2.05) is 0 Å². The zero-order chi connectivity index (χ0) is 24.1. The highest BCUT2D eigenvalue weighted by Crippen LogP contribution is 2.33. The van der Waals surface area contributed by atoms with Crippen LogP contribution < -0.4 is 10.1 Å².